The van der Waals surface area contributed by atoms with Gasteiger partial charge in [-0.3, -0.25) is 20.4 Å². The maximum Gasteiger partial charge on any atom is 0.293 e. The van der Waals surface area contributed by atoms with E-state index in [2.05, 4.69) is 10.9 Å². The minimum absolute atomic E-state index is 0.187. The van der Waals surface area contributed by atoms with Crippen LogP contribution in [0, 0.1) is 5.82 Å². The topological polar surface area (TPSA) is 62.6 Å². The summed E-state index contributed by atoms with van der Waals surface area (Å²) in [4.78, 5) is 24.5. The Balaban J connectivity index is 1.75. The van der Waals surface area contributed by atoms with Gasteiger partial charge in [-0.05, 0) is 24.3 Å². The lowest BCUT2D eigenvalue weighted by atomic mass is 10.2. The maximum absolute atomic E-state index is 12.8. The molecule has 3 N–H and O–H groups in total. The first kappa shape index (κ1) is 16.6. The van der Waals surface area contributed by atoms with Crippen LogP contribution in [0.5, 0.6) is 0 Å². The standard InChI is InChI=1S/C17H18FN3O2/c1-21(11-13-7-9-15(18)10-8-13)12-16(22)19-20-17(23)14-5-3-2-4-6-14/h2-10H,11-12H2,1H3,(H,19,22)(H,20,23)/p+1. The largest absolute Gasteiger partial charge is 0.326 e. The molecule has 0 saturated carbocycles. The van der Waals surface area contributed by atoms with Crippen LogP contribution in [0.3, 0.4) is 0 Å². The van der Waals surface area contributed by atoms with E-state index in [4.69, 9.17) is 0 Å². The lowest BCUT2D eigenvalue weighted by molar-refractivity contribution is -0.885. The van der Waals surface area contributed by atoms with Crippen molar-refractivity contribution in [2.75, 3.05) is 13.6 Å². The highest BCUT2D eigenvalue weighted by molar-refractivity contribution is 5.95. The Bertz CT molecular complexity index is 659. The molecule has 0 radical (unpaired) electrons. The van der Waals surface area contributed by atoms with Crippen molar-refractivity contribution in [3.8, 4) is 0 Å². The maximum atomic E-state index is 12.8. The first-order chi connectivity index (χ1) is 11.0. The third-order valence-corrected chi connectivity index (χ3v) is 3.23. The Morgan fingerprint density at radius 3 is 2.30 bits per heavy atom. The van der Waals surface area contributed by atoms with Gasteiger partial charge in [0.05, 0.1) is 7.05 Å². The summed E-state index contributed by atoms with van der Waals surface area (Å²) >= 11 is 0. The summed E-state index contributed by atoms with van der Waals surface area (Å²) in [5, 5.41) is 0. The quantitative estimate of drug-likeness (QED) is 0.695. The molecule has 5 nitrogen and oxygen atoms in total. The van der Waals surface area contributed by atoms with Crippen molar-refractivity contribution in [3.05, 3.63) is 71.5 Å². The van der Waals surface area contributed by atoms with Gasteiger partial charge >= 0.3 is 0 Å². The highest BCUT2D eigenvalue weighted by Gasteiger charge is 2.12. The average Bonchev–Trinajstić information content (AvgIpc) is 2.55. The SMILES string of the molecule is C[NH+](CC(=O)NNC(=O)c1ccccc1)Cc1ccc(F)cc1. The molecule has 2 rings (SSSR count). The zero-order valence-corrected chi connectivity index (χ0v) is 12.8. The fourth-order valence-electron chi connectivity index (χ4n) is 2.12. The van der Waals surface area contributed by atoms with E-state index in [1.807, 2.05) is 13.1 Å². The number of carbonyl (C=O) groups is 2. The van der Waals surface area contributed by atoms with E-state index in [-0.39, 0.29) is 24.2 Å². The molecule has 0 aliphatic heterocycles. The molecule has 0 bridgehead atoms. The molecular weight excluding hydrogens is 297 g/mol. The average molecular weight is 316 g/mol. The number of nitrogens with one attached hydrogen (secondary N) is 3. The first-order valence-corrected chi connectivity index (χ1v) is 7.24. The summed E-state index contributed by atoms with van der Waals surface area (Å²) in [6.45, 7) is 0.771. The van der Waals surface area contributed by atoms with Crippen LogP contribution in [0.15, 0.2) is 54.6 Å². The molecule has 2 amide bonds. The first-order valence-electron chi connectivity index (χ1n) is 7.24. The Morgan fingerprint density at radius 1 is 1.00 bits per heavy atom. The van der Waals surface area contributed by atoms with Crippen molar-refractivity contribution < 1.29 is 18.9 Å². The lowest BCUT2D eigenvalue weighted by Crippen LogP contribution is -3.09. The monoisotopic (exact) mass is 316 g/mol. The molecule has 0 heterocycles. The third-order valence-electron chi connectivity index (χ3n) is 3.23. The molecule has 2 aromatic carbocycles. The minimum Gasteiger partial charge on any atom is -0.326 e. The van der Waals surface area contributed by atoms with Gasteiger partial charge in [-0.2, -0.15) is 0 Å². The molecule has 23 heavy (non-hydrogen) atoms. The number of rotatable bonds is 5. The van der Waals surface area contributed by atoms with Gasteiger partial charge in [-0.25, -0.2) is 4.39 Å². The van der Waals surface area contributed by atoms with Gasteiger partial charge in [-0.1, -0.05) is 30.3 Å². The van der Waals surface area contributed by atoms with Crippen molar-refractivity contribution in [2.24, 2.45) is 0 Å². The van der Waals surface area contributed by atoms with Gasteiger partial charge in [0, 0.05) is 11.1 Å². The molecule has 0 saturated heterocycles. The number of hydrogen-bond acceptors (Lipinski definition) is 2. The molecule has 0 aliphatic rings. The van der Waals surface area contributed by atoms with Crippen LogP contribution in [0.4, 0.5) is 4.39 Å². The van der Waals surface area contributed by atoms with Crippen LogP contribution in [0.25, 0.3) is 0 Å². The molecule has 0 fully saturated rings. The summed E-state index contributed by atoms with van der Waals surface area (Å²) in [6.07, 6.45) is 0. The number of carbonyl (C=O) groups excluding carboxylic acids is 2. The van der Waals surface area contributed by atoms with E-state index in [0.29, 0.717) is 12.1 Å². The predicted molar refractivity (Wildman–Crippen MR) is 83.9 cm³/mol. The number of halogens is 1. The van der Waals surface area contributed by atoms with Crippen molar-refractivity contribution >= 4 is 11.8 Å². The van der Waals surface area contributed by atoms with Crippen LogP contribution in [0.1, 0.15) is 15.9 Å². The lowest BCUT2D eigenvalue weighted by Gasteiger charge is -2.14. The molecule has 2 aromatic rings. The van der Waals surface area contributed by atoms with Gasteiger partial charge < -0.3 is 4.90 Å². The van der Waals surface area contributed by atoms with E-state index >= 15 is 0 Å². The van der Waals surface area contributed by atoms with E-state index in [1.165, 1.54) is 12.1 Å². The van der Waals surface area contributed by atoms with Crippen LogP contribution in [-0.4, -0.2) is 25.4 Å². The van der Waals surface area contributed by atoms with E-state index in [1.54, 1.807) is 36.4 Å². The van der Waals surface area contributed by atoms with Crippen LogP contribution in [-0.2, 0) is 11.3 Å². The second kappa shape index (κ2) is 8.05. The molecule has 0 spiro atoms. The minimum atomic E-state index is -0.366. The van der Waals surface area contributed by atoms with Crippen LogP contribution in [0.2, 0.25) is 0 Å². The molecule has 6 heteroatoms. The molecule has 1 unspecified atom stereocenters. The number of benzene rings is 2. The summed E-state index contributed by atoms with van der Waals surface area (Å²) in [5.41, 5.74) is 6.17. The predicted octanol–water partition coefficient (Wildman–Crippen LogP) is 0.302. The second-order valence-corrected chi connectivity index (χ2v) is 5.31. The van der Waals surface area contributed by atoms with Crippen LogP contribution < -0.4 is 15.8 Å². The molecular formula is C17H19FN3O2+. The second-order valence-electron chi connectivity index (χ2n) is 5.31. The fraction of sp³-hybridized carbons (Fsp3) is 0.176. The highest BCUT2D eigenvalue weighted by Crippen LogP contribution is 2.00. The summed E-state index contributed by atoms with van der Waals surface area (Å²) in [6, 6.07) is 14.8. The van der Waals surface area contributed by atoms with Gasteiger partial charge in [0.2, 0.25) is 0 Å². The summed E-state index contributed by atoms with van der Waals surface area (Å²) in [7, 11) is 1.85. The number of amides is 2. The Kier molecular flexibility index (Phi) is 5.82. The van der Waals surface area contributed by atoms with E-state index in [9.17, 15) is 14.0 Å². The van der Waals surface area contributed by atoms with E-state index < -0.39 is 0 Å². The zero-order valence-electron chi connectivity index (χ0n) is 12.8. The number of hydrazine groups is 1. The van der Waals surface area contributed by atoms with Crippen molar-refractivity contribution in [1.29, 1.82) is 0 Å². The molecule has 0 aliphatic carbocycles. The Morgan fingerprint density at radius 2 is 1.65 bits per heavy atom. The zero-order chi connectivity index (χ0) is 16.7. The number of quaternary nitrogens is 1. The Hall–Kier alpha value is -2.73. The third kappa shape index (κ3) is 5.52. The summed E-state index contributed by atoms with van der Waals surface area (Å²) in [5.74, 6) is -0.947. The van der Waals surface area contributed by atoms with Crippen LogP contribution >= 0.6 is 0 Å². The van der Waals surface area contributed by atoms with Gasteiger partial charge in [0.1, 0.15) is 12.4 Å². The number of likely N-dealkylation sites (N-methyl/N-ethyl adjacent to an activating group) is 1. The highest BCUT2D eigenvalue weighted by atomic mass is 19.1. The van der Waals surface area contributed by atoms with Gasteiger partial charge in [0.25, 0.3) is 11.8 Å². The molecule has 120 valence electrons. The smallest absolute Gasteiger partial charge is 0.293 e. The van der Waals surface area contributed by atoms with E-state index in [0.717, 1.165) is 10.5 Å². The van der Waals surface area contributed by atoms with Crippen molar-refractivity contribution in [1.82, 2.24) is 10.9 Å². The molecule has 1 atom stereocenters. The molecule has 0 aromatic heterocycles. The van der Waals surface area contributed by atoms with Crippen molar-refractivity contribution in [2.45, 2.75) is 6.54 Å². The summed E-state index contributed by atoms with van der Waals surface area (Å²) < 4.78 is 12.8. The van der Waals surface area contributed by atoms with Gasteiger partial charge in [-0.15, -0.1) is 0 Å². The Labute approximate surface area is 134 Å². The van der Waals surface area contributed by atoms with Gasteiger partial charge in [0.15, 0.2) is 6.54 Å². The normalized spacial score (nSPS) is 11.6. The number of hydrogen-bond donors (Lipinski definition) is 3. The fourth-order valence-corrected chi connectivity index (χ4v) is 2.12. The van der Waals surface area contributed by atoms with Crippen molar-refractivity contribution in [3.63, 3.8) is 0 Å².